The van der Waals surface area contributed by atoms with Gasteiger partial charge in [-0.15, -0.1) is 11.6 Å². The summed E-state index contributed by atoms with van der Waals surface area (Å²) in [6.07, 6.45) is 5.94. The molecule has 0 saturated heterocycles. The van der Waals surface area contributed by atoms with Crippen LogP contribution in [0, 0.1) is 5.92 Å². The number of halogens is 2. The summed E-state index contributed by atoms with van der Waals surface area (Å²) in [7, 11) is 0. The second-order valence-corrected chi connectivity index (χ2v) is 6.20. The van der Waals surface area contributed by atoms with Crippen LogP contribution in [0.4, 0.5) is 0 Å². The molecule has 0 saturated carbocycles. The average molecular weight is 302 g/mol. The first-order valence-corrected chi connectivity index (χ1v) is 7.35. The van der Waals surface area contributed by atoms with Crippen molar-refractivity contribution in [3.8, 4) is 0 Å². The molecule has 0 radical (unpaired) electrons. The third-order valence-corrected chi connectivity index (χ3v) is 4.58. The minimum absolute atomic E-state index is 0.363. The molecule has 2 heteroatoms. The third-order valence-electron chi connectivity index (χ3n) is 3.51. The van der Waals surface area contributed by atoms with E-state index in [0.717, 1.165) is 12.8 Å². The van der Waals surface area contributed by atoms with Gasteiger partial charge in [0.2, 0.25) is 0 Å². The Hall–Kier alpha value is -0.0100. The summed E-state index contributed by atoms with van der Waals surface area (Å²) < 4.78 is 1.20. The number of fused-ring (bicyclic) bond motifs is 1. The molecule has 0 N–H and O–H groups in total. The molecule has 0 aliphatic heterocycles. The Morgan fingerprint density at radius 2 is 2.25 bits per heavy atom. The first kappa shape index (κ1) is 12.4. The van der Waals surface area contributed by atoms with E-state index in [2.05, 4.69) is 41.1 Å². The van der Waals surface area contributed by atoms with E-state index in [0.29, 0.717) is 11.3 Å². The van der Waals surface area contributed by atoms with Gasteiger partial charge in [0.15, 0.2) is 0 Å². The lowest BCUT2D eigenvalue weighted by Gasteiger charge is -2.28. The monoisotopic (exact) mass is 300 g/mol. The van der Waals surface area contributed by atoms with E-state index in [1.54, 1.807) is 0 Å². The summed E-state index contributed by atoms with van der Waals surface area (Å²) in [4.78, 5) is 0. The highest BCUT2D eigenvalue weighted by Crippen LogP contribution is 2.32. The summed E-state index contributed by atoms with van der Waals surface area (Å²) in [5, 5.41) is 0.363. The molecule has 0 bridgehead atoms. The SMILES string of the molecule is CCCC(Cl)C1CCc2cc(Br)ccc2C1. The van der Waals surface area contributed by atoms with Crippen molar-refractivity contribution in [3.63, 3.8) is 0 Å². The van der Waals surface area contributed by atoms with Gasteiger partial charge in [0, 0.05) is 9.85 Å². The minimum Gasteiger partial charge on any atom is -0.123 e. The van der Waals surface area contributed by atoms with Gasteiger partial charge in [0.1, 0.15) is 0 Å². The third kappa shape index (κ3) is 2.81. The highest BCUT2D eigenvalue weighted by atomic mass is 79.9. The molecule has 0 aromatic heterocycles. The molecule has 88 valence electrons. The normalized spacial score (nSPS) is 21.6. The van der Waals surface area contributed by atoms with E-state index in [1.807, 2.05) is 0 Å². The predicted molar refractivity (Wildman–Crippen MR) is 74.2 cm³/mol. The van der Waals surface area contributed by atoms with E-state index in [1.165, 1.54) is 34.9 Å². The predicted octanol–water partition coefficient (Wildman–Crippen LogP) is 4.96. The second-order valence-electron chi connectivity index (χ2n) is 4.72. The number of hydrogen-bond acceptors (Lipinski definition) is 0. The van der Waals surface area contributed by atoms with Gasteiger partial charge in [-0.25, -0.2) is 0 Å². The Morgan fingerprint density at radius 3 is 3.00 bits per heavy atom. The molecule has 0 spiro atoms. The quantitative estimate of drug-likeness (QED) is 0.692. The fourth-order valence-electron chi connectivity index (χ4n) is 2.57. The van der Waals surface area contributed by atoms with Crippen LogP contribution in [-0.2, 0) is 12.8 Å². The van der Waals surface area contributed by atoms with Crippen LogP contribution in [0.3, 0.4) is 0 Å². The van der Waals surface area contributed by atoms with Crippen LogP contribution in [0.5, 0.6) is 0 Å². The van der Waals surface area contributed by atoms with Crippen molar-refractivity contribution >= 4 is 27.5 Å². The van der Waals surface area contributed by atoms with Gasteiger partial charge >= 0.3 is 0 Å². The van der Waals surface area contributed by atoms with E-state index in [9.17, 15) is 0 Å². The van der Waals surface area contributed by atoms with Crippen molar-refractivity contribution < 1.29 is 0 Å². The Balaban J connectivity index is 2.09. The zero-order valence-corrected chi connectivity index (χ0v) is 12.0. The van der Waals surface area contributed by atoms with Crippen molar-refractivity contribution in [2.24, 2.45) is 5.92 Å². The van der Waals surface area contributed by atoms with Crippen LogP contribution in [0.2, 0.25) is 0 Å². The van der Waals surface area contributed by atoms with Gasteiger partial charge in [0.25, 0.3) is 0 Å². The number of hydrogen-bond donors (Lipinski definition) is 0. The molecule has 0 amide bonds. The Labute approximate surface area is 112 Å². The molecule has 0 nitrogen and oxygen atoms in total. The van der Waals surface area contributed by atoms with Gasteiger partial charge < -0.3 is 0 Å². The zero-order valence-electron chi connectivity index (χ0n) is 9.68. The summed E-state index contributed by atoms with van der Waals surface area (Å²) in [5.41, 5.74) is 3.01. The molecular weight excluding hydrogens is 284 g/mol. The molecule has 2 atom stereocenters. The minimum atomic E-state index is 0.363. The number of alkyl halides is 1. The molecule has 16 heavy (non-hydrogen) atoms. The molecule has 2 rings (SSSR count). The van der Waals surface area contributed by atoms with Crippen LogP contribution in [0.25, 0.3) is 0 Å². The number of rotatable bonds is 3. The molecule has 1 aromatic carbocycles. The van der Waals surface area contributed by atoms with Crippen LogP contribution >= 0.6 is 27.5 Å². The lowest BCUT2D eigenvalue weighted by molar-refractivity contribution is 0.420. The molecular formula is C14H18BrCl. The van der Waals surface area contributed by atoms with Gasteiger partial charge in [-0.1, -0.05) is 35.3 Å². The smallest absolute Gasteiger partial charge is 0.0367 e. The Bertz CT molecular complexity index is 362. The maximum Gasteiger partial charge on any atom is 0.0367 e. The highest BCUT2D eigenvalue weighted by molar-refractivity contribution is 9.10. The number of benzene rings is 1. The van der Waals surface area contributed by atoms with Crippen molar-refractivity contribution in [3.05, 3.63) is 33.8 Å². The summed E-state index contributed by atoms with van der Waals surface area (Å²) in [6, 6.07) is 6.65. The van der Waals surface area contributed by atoms with Crippen molar-refractivity contribution in [2.45, 2.75) is 44.4 Å². The second kappa shape index (κ2) is 5.55. The van der Waals surface area contributed by atoms with E-state index in [4.69, 9.17) is 11.6 Å². The fraction of sp³-hybridized carbons (Fsp3) is 0.571. The van der Waals surface area contributed by atoms with Crippen molar-refractivity contribution in [2.75, 3.05) is 0 Å². The summed E-state index contributed by atoms with van der Waals surface area (Å²) in [6.45, 7) is 2.21. The van der Waals surface area contributed by atoms with Gasteiger partial charge in [-0.05, 0) is 54.9 Å². The largest absolute Gasteiger partial charge is 0.123 e. The lowest BCUT2D eigenvalue weighted by atomic mass is 9.81. The topological polar surface area (TPSA) is 0 Å². The first-order chi connectivity index (χ1) is 7.70. The molecule has 1 aliphatic rings. The van der Waals surface area contributed by atoms with E-state index in [-0.39, 0.29) is 0 Å². The standard InChI is InChI=1S/C14H18BrCl/c1-2-3-14(16)12-5-4-11-9-13(15)7-6-10(11)8-12/h6-7,9,12,14H,2-5,8H2,1H3. The van der Waals surface area contributed by atoms with Gasteiger partial charge in [0.05, 0.1) is 0 Å². The van der Waals surface area contributed by atoms with Crippen LogP contribution < -0.4 is 0 Å². The van der Waals surface area contributed by atoms with Crippen molar-refractivity contribution in [1.82, 2.24) is 0 Å². The maximum atomic E-state index is 6.45. The lowest BCUT2D eigenvalue weighted by Crippen LogP contribution is -2.22. The average Bonchev–Trinajstić information content (AvgIpc) is 2.28. The zero-order chi connectivity index (χ0) is 11.5. The van der Waals surface area contributed by atoms with E-state index < -0.39 is 0 Å². The maximum absolute atomic E-state index is 6.45. The Kier molecular flexibility index (Phi) is 4.32. The fourth-order valence-corrected chi connectivity index (χ4v) is 3.41. The molecule has 0 heterocycles. The van der Waals surface area contributed by atoms with E-state index >= 15 is 0 Å². The first-order valence-electron chi connectivity index (χ1n) is 6.12. The molecule has 1 aromatic rings. The highest BCUT2D eigenvalue weighted by Gasteiger charge is 2.24. The summed E-state index contributed by atoms with van der Waals surface area (Å²) >= 11 is 9.98. The Morgan fingerprint density at radius 1 is 1.44 bits per heavy atom. The van der Waals surface area contributed by atoms with Crippen LogP contribution in [0.15, 0.2) is 22.7 Å². The molecule has 1 aliphatic carbocycles. The summed E-state index contributed by atoms with van der Waals surface area (Å²) in [5.74, 6) is 0.676. The molecule has 0 fully saturated rings. The van der Waals surface area contributed by atoms with Crippen molar-refractivity contribution in [1.29, 1.82) is 0 Å². The van der Waals surface area contributed by atoms with Crippen LogP contribution in [0.1, 0.15) is 37.3 Å². The van der Waals surface area contributed by atoms with Gasteiger partial charge in [-0.2, -0.15) is 0 Å². The number of aryl methyl sites for hydroxylation is 1. The molecule has 2 unspecified atom stereocenters. The van der Waals surface area contributed by atoms with Crippen LogP contribution in [-0.4, -0.2) is 5.38 Å². The van der Waals surface area contributed by atoms with Gasteiger partial charge in [-0.3, -0.25) is 0 Å².